The third kappa shape index (κ3) is 1.59. The molecule has 2 N–H and O–H groups in total. The summed E-state index contributed by atoms with van der Waals surface area (Å²) in [6.45, 7) is 0.817. The first-order valence-corrected chi connectivity index (χ1v) is 4.45. The number of carbonyl (C=O) groups excluding carboxylic acids is 1. The van der Waals surface area contributed by atoms with E-state index < -0.39 is 11.6 Å². The fourth-order valence-electron chi connectivity index (χ4n) is 1.76. The quantitative estimate of drug-likeness (QED) is 0.428. The molecule has 1 aliphatic heterocycles. The molecule has 82 valence electrons. The Morgan fingerprint density at radius 1 is 1.07 bits per heavy atom. The number of Topliss-reactive ketones (excluding diaryl/α,β-unsaturated/α-hetero) is 1. The van der Waals surface area contributed by atoms with Gasteiger partial charge in [-0.25, -0.2) is 0 Å². The molecule has 0 amide bonds. The maximum Gasteiger partial charge on any atom is 0.228 e. The van der Waals surface area contributed by atoms with Gasteiger partial charge in [0.1, 0.15) is 11.4 Å². The zero-order chi connectivity index (χ0) is 10.9. The molecule has 7 nitrogen and oxygen atoms in total. The van der Waals surface area contributed by atoms with Crippen LogP contribution in [0.25, 0.3) is 0 Å². The Balaban J connectivity index is 2.30. The fraction of sp³-hybridized carbons (Fsp3) is 0.625. The Bertz CT molecular complexity index is 317. The Morgan fingerprint density at radius 3 is 1.93 bits per heavy atom. The third-order valence-corrected chi connectivity index (χ3v) is 2.45. The molecule has 0 aromatic heterocycles. The van der Waals surface area contributed by atoms with Gasteiger partial charge in [-0.05, 0) is 0 Å². The van der Waals surface area contributed by atoms with E-state index in [0.717, 1.165) is 0 Å². The molecule has 0 bridgehead atoms. The van der Waals surface area contributed by atoms with Crippen molar-refractivity contribution in [3.8, 4) is 0 Å². The first-order chi connectivity index (χ1) is 7.21. The van der Waals surface area contributed by atoms with Crippen LogP contribution in [0.4, 0.5) is 0 Å². The molecule has 15 heavy (non-hydrogen) atoms. The van der Waals surface area contributed by atoms with Crippen LogP contribution in [0, 0.1) is 0 Å². The zero-order valence-electron chi connectivity index (χ0n) is 7.84. The second-order valence-electron chi connectivity index (χ2n) is 3.38. The van der Waals surface area contributed by atoms with Crippen LogP contribution in [0.5, 0.6) is 0 Å². The van der Waals surface area contributed by atoms with Gasteiger partial charge in [0.25, 0.3) is 0 Å². The fourth-order valence-corrected chi connectivity index (χ4v) is 1.76. The van der Waals surface area contributed by atoms with E-state index in [2.05, 4.69) is 10.3 Å². The van der Waals surface area contributed by atoms with Gasteiger partial charge in [-0.3, -0.25) is 4.79 Å². The number of rotatable bonds is 0. The van der Waals surface area contributed by atoms with E-state index in [1.54, 1.807) is 0 Å². The van der Waals surface area contributed by atoms with Gasteiger partial charge >= 0.3 is 0 Å². The number of nitrogens with zero attached hydrogens (tertiary/aromatic N) is 2. The lowest BCUT2D eigenvalue weighted by Gasteiger charge is -2.30. The highest BCUT2D eigenvalue weighted by molar-refractivity contribution is 6.67. The molecule has 0 radical (unpaired) electrons. The van der Waals surface area contributed by atoms with Gasteiger partial charge in [0.05, 0.1) is 26.1 Å². The average Bonchev–Trinajstić information content (AvgIpc) is 2.70. The Hall–Kier alpha value is -1.47. The van der Waals surface area contributed by atoms with E-state index in [1.807, 2.05) is 0 Å². The second-order valence-corrected chi connectivity index (χ2v) is 3.38. The van der Waals surface area contributed by atoms with Crippen molar-refractivity contribution in [1.82, 2.24) is 0 Å². The van der Waals surface area contributed by atoms with Crippen LogP contribution in [0.1, 0.15) is 12.8 Å². The Kier molecular flexibility index (Phi) is 2.41. The monoisotopic (exact) mass is 214 g/mol. The molecule has 2 rings (SSSR count). The van der Waals surface area contributed by atoms with Crippen molar-refractivity contribution in [2.45, 2.75) is 18.6 Å². The summed E-state index contributed by atoms with van der Waals surface area (Å²) in [5, 5.41) is 23.0. The average molecular weight is 214 g/mol. The molecule has 1 saturated heterocycles. The number of carbonyl (C=O) groups is 1. The summed E-state index contributed by atoms with van der Waals surface area (Å²) in [5.74, 6) is -1.58. The van der Waals surface area contributed by atoms with Crippen LogP contribution in [0.15, 0.2) is 10.3 Å². The molecule has 1 spiro atoms. The number of ketones is 1. The van der Waals surface area contributed by atoms with Crippen LogP contribution >= 0.6 is 0 Å². The van der Waals surface area contributed by atoms with Crippen LogP contribution in [0.3, 0.4) is 0 Å². The normalized spacial score (nSPS) is 30.5. The van der Waals surface area contributed by atoms with Crippen molar-refractivity contribution in [3.63, 3.8) is 0 Å². The lowest BCUT2D eigenvalue weighted by atomic mass is 9.89. The summed E-state index contributed by atoms with van der Waals surface area (Å²) < 4.78 is 10.7. The Morgan fingerprint density at radius 2 is 1.53 bits per heavy atom. The number of oxime groups is 2. The molecule has 1 heterocycles. The number of ether oxygens (including phenoxy) is 2. The smallest absolute Gasteiger partial charge is 0.228 e. The van der Waals surface area contributed by atoms with Crippen molar-refractivity contribution in [2.75, 3.05) is 13.2 Å². The molecule has 0 aromatic carbocycles. The van der Waals surface area contributed by atoms with Crippen LogP contribution in [-0.4, -0.2) is 46.6 Å². The summed E-state index contributed by atoms with van der Waals surface area (Å²) in [6.07, 6.45) is 0.142. The van der Waals surface area contributed by atoms with Gasteiger partial charge in [-0.1, -0.05) is 10.3 Å². The number of hydrogen-bond donors (Lipinski definition) is 2. The van der Waals surface area contributed by atoms with Crippen molar-refractivity contribution < 1.29 is 24.7 Å². The maximum absolute atomic E-state index is 11.4. The third-order valence-electron chi connectivity index (χ3n) is 2.45. The van der Waals surface area contributed by atoms with Crippen molar-refractivity contribution >= 4 is 17.2 Å². The summed E-state index contributed by atoms with van der Waals surface area (Å²) in [5.41, 5.74) is -0.230. The van der Waals surface area contributed by atoms with E-state index >= 15 is 0 Å². The van der Waals surface area contributed by atoms with E-state index in [4.69, 9.17) is 19.9 Å². The lowest BCUT2D eigenvalue weighted by molar-refractivity contribution is -0.149. The molecule has 0 unspecified atom stereocenters. The predicted molar refractivity (Wildman–Crippen MR) is 47.3 cm³/mol. The van der Waals surface area contributed by atoms with E-state index in [9.17, 15) is 4.79 Å². The topological polar surface area (TPSA) is 101 Å². The second kappa shape index (κ2) is 3.59. The molecular formula is C8H10N2O5. The first kappa shape index (κ1) is 10.1. The van der Waals surface area contributed by atoms with Gasteiger partial charge in [0, 0.05) is 0 Å². The lowest BCUT2D eigenvalue weighted by Crippen LogP contribution is -2.46. The molecule has 7 heteroatoms. The maximum atomic E-state index is 11.4. The minimum absolute atomic E-state index is 0.0708. The van der Waals surface area contributed by atoms with Crippen molar-refractivity contribution in [1.29, 1.82) is 0 Å². The van der Waals surface area contributed by atoms with Crippen molar-refractivity contribution in [2.24, 2.45) is 10.3 Å². The van der Waals surface area contributed by atoms with Gasteiger partial charge in [-0.2, -0.15) is 0 Å². The summed E-state index contributed by atoms with van der Waals surface area (Å²) in [7, 11) is 0. The molecule has 1 aliphatic carbocycles. The first-order valence-electron chi connectivity index (χ1n) is 4.45. The zero-order valence-corrected chi connectivity index (χ0v) is 7.84. The molecular weight excluding hydrogens is 204 g/mol. The van der Waals surface area contributed by atoms with Gasteiger partial charge in [-0.15, -0.1) is 0 Å². The highest BCUT2D eigenvalue weighted by Crippen LogP contribution is 2.32. The highest BCUT2D eigenvalue weighted by atomic mass is 16.7. The largest absolute Gasteiger partial charge is 0.411 e. The molecule has 2 aliphatic rings. The van der Waals surface area contributed by atoms with Crippen LogP contribution < -0.4 is 0 Å². The standard InChI is InChI=1S/C8H10N2O5/c11-7-5(9-12)3-8(4-6(7)10-13)14-1-2-15-8/h12-13H,1-4H2/b9-5+,10-6+. The molecule has 0 atom stereocenters. The van der Waals surface area contributed by atoms with Crippen LogP contribution in [0.2, 0.25) is 0 Å². The van der Waals surface area contributed by atoms with Crippen molar-refractivity contribution in [3.05, 3.63) is 0 Å². The summed E-state index contributed by atoms with van der Waals surface area (Å²) in [4.78, 5) is 11.4. The van der Waals surface area contributed by atoms with Gasteiger partial charge in [0.2, 0.25) is 5.78 Å². The summed E-state index contributed by atoms with van der Waals surface area (Å²) >= 11 is 0. The molecule has 0 aromatic rings. The molecule has 2 fully saturated rings. The van der Waals surface area contributed by atoms with Gasteiger partial charge < -0.3 is 19.9 Å². The van der Waals surface area contributed by atoms with E-state index in [0.29, 0.717) is 13.2 Å². The predicted octanol–water partition coefficient (Wildman–Crippen LogP) is -0.247. The summed E-state index contributed by atoms with van der Waals surface area (Å²) in [6, 6.07) is 0. The minimum atomic E-state index is -1.00. The SMILES string of the molecule is O=C1/C(=N/O)CC2(C/C1=N\O)OCCO2. The number of hydrogen-bond acceptors (Lipinski definition) is 7. The Labute approximate surface area is 85.0 Å². The van der Waals surface area contributed by atoms with E-state index in [-0.39, 0.29) is 24.3 Å². The highest BCUT2D eigenvalue weighted by Gasteiger charge is 2.47. The van der Waals surface area contributed by atoms with Gasteiger partial charge in [0.15, 0.2) is 5.79 Å². The van der Waals surface area contributed by atoms with Crippen LogP contribution in [-0.2, 0) is 14.3 Å². The van der Waals surface area contributed by atoms with E-state index in [1.165, 1.54) is 0 Å². The molecule has 1 saturated carbocycles. The minimum Gasteiger partial charge on any atom is -0.411 e.